The van der Waals surface area contributed by atoms with Gasteiger partial charge in [0.2, 0.25) is 0 Å². The van der Waals surface area contributed by atoms with E-state index in [1.165, 1.54) is 6.33 Å². The molecule has 0 atom stereocenters. The Labute approximate surface area is 63.1 Å². The maximum atomic E-state index is 7.35. The van der Waals surface area contributed by atoms with Crippen LogP contribution in [0.15, 0.2) is 24.7 Å². The van der Waals surface area contributed by atoms with Gasteiger partial charge in [-0.1, -0.05) is 0 Å². The minimum absolute atomic E-state index is 0.176. The van der Waals surface area contributed by atoms with Crippen molar-refractivity contribution in [3.63, 3.8) is 0 Å². The molecule has 0 aliphatic heterocycles. The summed E-state index contributed by atoms with van der Waals surface area (Å²) in [5.41, 5.74) is 8.62. The van der Waals surface area contributed by atoms with Gasteiger partial charge in [-0.15, -0.1) is 0 Å². The summed E-state index contributed by atoms with van der Waals surface area (Å²) >= 11 is 0. The van der Waals surface area contributed by atoms with Gasteiger partial charge in [-0.3, -0.25) is 9.97 Å². The first-order chi connectivity index (χ1) is 5.38. The average Bonchev–Trinajstić information content (AvgIpc) is 2.06. The van der Waals surface area contributed by atoms with E-state index in [1.54, 1.807) is 12.3 Å². The molecule has 0 aliphatic rings. The zero-order valence-electron chi connectivity index (χ0n) is 5.65. The Bertz CT molecular complexity index is 380. The SMILES string of the molecule is [NH-]c1ncnc2cccnc12. The molecule has 4 heteroatoms. The molecule has 0 aliphatic carbocycles. The van der Waals surface area contributed by atoms with E-state index in [0.717, 1.165) is 0 Å². The van der Waals surface area contributed by atoms with Gasteiger partial charge >= 0.3 is 0 Å². The van der Waals surface area contributed by atoms with Crippen LogP contribution in [0.4, 0.5) is 5.82 Å². The Morgan fingerprint density at radius 1 is 1.18 bits per heavy atom. The molecule has 0 spiro atoms. The molecule has 2 heterocycles. The number of fused-ring (bicyclic) bond motifs is 1. The highest BCUT2D eigenvalue weighted by atomic mass is 14.9. The van der Waals surface area contributed by atoms with Crippen molar-refractivity contribution in [1.82, 2.24) is 15.0 Å². The number of nitrogens with zero attached hydrogens (tertiary/aromatic N) is 3. The van der Waals surface area contributed by atoms with Crippen LogP contribution in [0.3, 0.4) is 0 Å². The summed E-state index contributed by atoms with van der Waals surface area (Å²) in [7, 11) is 0. The molecular formula is C7H5N4-. The lowest BCUT2D eigenvalue weighted by molar-refractivity contribution is 1.22. The highest BCUT2D eigenvalue weighted by Crippen LogP contribution is 2.16. The normalized spacial score (nSPS) is 10.2. The Morgan fingerprint density at radius 2 is 2.09 bits per heavy atom. The minimum Gasteiger partial charge on any atom is -0.480 e. The van der Waals surface area contributed by atoms with E-state index >= 15 is 0 Å². The Kier molecular flexibility index (Phi) is 1.18. The van der Waals surface area contributed by atoms with Crippen molar-refractivity contribution in [2.45, 2.75) is 0 Å². The Morgan fingerprint density at radius 3 is 2.91 bits per heavy atom. The third kappa shape index (κ3) is 0.881. The summed E-state index contributed by atoms with van der Waals surface area (Å²) < 4.78 is 0. The zero-order valence-corrected chi connectivity index (χ0v) is 5.65. The third-order valence-corrected chi connectivity index (χ3v) is 1.39. The molecule has 54 valence electrons. The molecule has 0 saturated heterocycles. The van der Waals surface area contributed by atoms with E-state index in [9.17, 15) is 0 Å². The van der Waals surface area contributed by atoms with Gasteiger partial charge in [0.1, 0.15) is 0 Å². The number of nitrogens with one attached hydrogen (secondary N) is 1. The second kappa shape index (κ2) is 2.16. The third-order valence-electron chi connectivity index (χ3n) is 1.39. The molecule has 0 fully saturated rings. The molecule has 4 nitrogen and oxygen atoms in total. The molecule has 0 radical (unpaired) electrons. The predicted octanol–water partition coefficient (Wildman–Crippen LogP) is 1.71. The predicted molar refractivity (Wildman–Crippen MR) is 41.3 cm³/mol. The zero-order chi connectivity index (χ0) is 7.68. The van der Waals surface area contributed by atoms with Crippen molar-refractivity contribution in [1.29, 1.82) is 0 Å². The monoisotopic (exact) mass is 145 g/mol. The molecule has 11 heavy (non-hydrogen) atoms. The number of rotatable bonds is 0. The van der Waals surface area contributed by atoms with Crippen LogP contribution in [0.1, 0.15) is 0 Å². The van der Waals surface area contributed by atoms with Crippen LogP contribution in [-0.2, 0) is 0 Å². The minimum atomic E-state index is 0.176. The van der Waals surface area contributed by atoms with Gasteiger partial charge in [-0.05, 0) is 18.0 Å². The summed E-state index contributed by atoms with van der Waals surface area (Å²) in [6, 6.07) is 3.59. The quantitative estimate of drug-likeness (QED) is 0.566. The fourth-order valence-corrected chi connectivity index (χ4v) is 0.893. The van der Waals surface area contributed by atoms with E-state index < -0.39 is 0 Å². The largest absolute Gasteiger partial charge is 0.480 e. The Hall–Kier alpha value is -1.71. The molecule has 0 unspecified atom stereocenters. The summed E-state index contributed by atoms with van der Waals surface area (Å²) in [6.07, 6.45) is 3.00. The lowest BCUT2D eigenvalue weighted by atomic mass is 10.3. The van der Waals surface area contributed by atoms with Crippen LogP contribution < -0.4 is 0 Å². The average molecular weight is 145 g/mol. The van der Waals surface area contributed by atoms with Crippen molar-refractivity contribution in [2.75, 3.05) is 0 Å². The van der Waals surface area contributed by atoms with Crippen LogP contribution in [0.25, 0.3) is 16.8 Å². The van der Waals surface area contributed by atoms with Gasteiger partial charge in [0.05, 0.1) is 11.0 Å². The van der Waals surface area contributed by atoms with E-state index in [0.29, 0.717) is 11.0 Å². The van der Waals surface area contributed by atoms with Gasteiger partial charge in [0.25, 0.3) is 0 Å². The number of pyridine rings is 1. The molecule has 1 N–H and O–H groups in total. The van der Waals surface area contributed by atoms with Crippen LogP contribution in [0.2, 0.25) is 0 Å². The second-order valence-electron chi connectivity index (χ2n) is 2.09. The smallest absolute Gasteiger partial charge is 0.0880 e. The highest BCUT2D eigenvalue weighted by Gasteiger charge is 1.91. The summed E-state index contributed by atoms with van der Waals surface area (Å²) in [6.45, 7) is 0. The van der Waals surface area contributed by atoms with Crippen molar-refractivity contribution < 1.29 is 0 Å². The fraction of sp³-hybridized carbons (Fsp3) is 0. The first-order valence-corrected chi connectivity index (χ1v) is 3.15. The first kappa shape index (κ1) is 6.03. The van der Waals surface area contributed by atoms with Gasteiger partial charge < -0.3 is 10.7 Å². The van der Waals surface area contributed by atoms with Crippen LogP contribution in [0.5, 0.6) is 0 Å². The van der Waals surface area contributed by atoms with Gasteiger partial charge in [-0.2, -0.15) is 0 Å². The van der Waals surface area contributed by atoms with Gasteiger partial charge in [0, 0.05) is 12.5 Å². The topological polar surface area (TPSA) is 62.5 Å². The molecule has 2 aromatic heterocycles. The molecule has 0 aromatic carbocycles. The summed E-state index contributed by atoms with van der Waals surface area (Å²) in [5, 5.41) is 0. The summed E-state index contributed by atoms with van der Waals surface area (Å²) in [4.78, 5) is 11.6. The molecule has 2 rings (SSSR count). The lowest BCUT2D eigenvalue weighted by Crippen LogP contribution is -1.83. The first-order valence-electron chi connectivity index (χ1n) is 3.15. The molecule has 0 amide bonds. The van der Waals surface area contributed by atoms with E-state index in [-0.39, 0.29) is 5.82 Å². The van der Waals surface area contributed by atoms with Crippen LogP contribution in [-0.4, -0.2) is 15.0 Å². The number of aromatic nitrogens is 3. The summed E-state index contributed by atoms with van der Waals surface area (Å²) in [5.74, 6) is 0.176. The van der Waals surface area contributed by atoms with Gasteiger partial charge in [-0.25, -0.2) is 0 Å². The van der Waals surface area contributed by atoms with E-state index in [4.69, 9.17) is 5.73 Å². The van der Waals surface area contributed by atoms with Crippen LogP contribution >= 0.6 is 0 Å². The second-order valence-corrected chi connectivity index (χ2v) is 2.09. The lowest BCUT2D eigenvalue weighted by Gasteiger charge is -2.03. The van der Waals surface area contributed by atoms with Crippen LogP contribution in [0, 0.1) is 0 Å². The molecule has 0 bridgehead atoms. The van der Waals surface area contributed by atoms with Crippen molar-refractivity contribution in [2.24, 2.45) is 0 Å². The Balaban J connectivity index is 2.91. The van der Waals surface area contributed by atoms with Crippen molar-refractivity contribution in [3.05, 3.63) is 30.4 Å². The molecule has 0 saturated carbocycles. The van der Waals surface area contributed by atoms with E-state index in [2.05, 4.69) is 15.0 Å². The maximum Gasteiger partial charge on any atom is 0.0880 e. The fourth-order valence-electron chi connectivity index (χ4n) is 0.893. The van der Waals surface area contributed by atoms with E-state index in [1.807, 2.05) is 6.07 Å². The number of hydrogen-bond donors (Lipinski definition) is 0. The van der Waals surface area contributed by atoms with Crippen molar-refractivity contribution in [3.8, 4) is 0 Å². The van der Waals surface area contributed by atoms with Crippen molar-refractivity contribution >= 4 is 16.9 Å². The highest BCUT2D eigenvalue weighted by molar-refractivity contribution is 5.84. The molecular weight excluding hydrogens is 140 g/mol. The molecule has 2 aromatic rings. The number of hydrogen-bond acceptors (Lipinski definition) is 3. The maximum absolute atomic E-state index is 7.35. The standard InChI is InChI=1S/C7H5N4/c8-7-6-5(10-4-11-7)2-1-3-9-6/h1-4H,(H-,8,10,11)/q-1. The van der Waals surface area contributed by atoms with Gasteiger partial charge in [0.15, 0.2) is 0 Å².